The van der Waals surface area contributed by atoms with Gasteiger partial charge in [-0.3, -0.25) is 4.79 Å². The number of carbonyl (C=O) groups is 1. The number of amides is 1. The summed E-state index contributed by atoms with van der Waals surface area (Å²) < 4.78 is 7.53. The Morgan fingerprint density at radius 1 is 0.971 bits per heavy atom. The van der Waals surface area contributed by atoms with Crippen molar-refractivity contribution < 1.29 is 9.53 Å². The average Bonchev–Trinajstić information content (AvgIpc) is 3.42. The summed E-state index contributed by atoms with van der Waals surface area (Å²) in [5.41, 5.74) is 6.02. The van der Waals surface area contributed by atoms with Gasteiger partial charge in [-0.15, -0.1) is 0 Å². The summed E-state index contributed by atoms with van der Waals surface area (Å²) in [6, 6.07) is 23.0. The van der Waals surface area contributed by atoms with Crippen LogP contribution in [0.15, 0.2) is 81.8 Å². The number of benzene rings is 4. The van der Waals surface area contributed by atoms with Gasteiger partial charge in [0.2, 0.25) is 5.91 Å². The number of anilines is 1. The molecule has 2 atom stereocenters. The summed E-state index contributed by atoms with van der Waals surface area (Å²) in [5, 5.41) is 5.42. The minimum atomic E-state index is -0.533. The van der Waals surface area contributed by atoms with E-state index in [1.54, 1.807) is 7.11 Å². The van der Waals surface area contributed by atoms with Crippen molar-refractivity contribution in [3.63, 3.8) is 0 Å². The minimum absolute atomic E-state index is 0.0288. The zero-order valence-electron chi connectivity index (χ0n) is 19.4. The number of methoxy groups -OCH3 is 1. The maximum atomic E-state index is 13.8. The Morgan fingerprint density at radius 2 is 1.71 bits per heavy atom. The highest BCUT2D eigenvalue weighted by Crippen LogP contribution is 2.55. The molecule has 4 aromatic rings. The Bertz CT molecular complexity index is 1560. The Morgan fingerprint density at radius 3 is 2.51 bits per heavy atom. The van der Waals surface area contributed by atoms with E-state index in [0.29, 0.717) is 6.42 Å². The Labute approximate surface area is 221 Å². The van der Waals surface area contributed by atoms with E-state index in [1.807, 2.05) is 18.2 Å². The van der Waals surface area contributed by atoms with Gasteiger partial charge in [0.15, 0.2) is 0 Å². The molecule has 0 radical (unpaired) electrons. The molecule has 174 valence electrons. The van der Waals surface area contributed by atoms with E-state index in [-0.39, 0.29) is 11.8 Å². The number of nitrogens with one attached hydrogen (secondary N) is 1. The summed E-state index contributed by atoms with van der Waals surface area (Å²) in [6.45, 7) is 2.09. The largest absolute Gasteiger partial charge is 0.496 e. The van der Waals surface area contributed by atoms with Crippen LogP contribution in [0.2, 0.25) is 0 Å². The van der Waals surface area contributed by atoms with Crippen LogP contribution in [-0.2, 0) is 16.6 Å². The molecule has 5 heteroatoms. The smallest absolute Gasteiger partial charge is 0.233 e. The molecular formula is C30H23Br2NO2. The molecule has 1 amide bonds. The van der Waals surface area contributed by atoms with Gasteiger partial charge in [-0.2, -0.15) is 0 Å². The lowest BCUT2D eigenvalue weighted by Gasteiger charge is -2.36. The van der Waals surface area contributed by atoms with Crippen LogP contribution in [0.25, 0.3) is 16.8 Å². The van der Waals surface area contributed by atoms with Crippen molar-refractivity contribution in [1.29, 1.82) is 0 Å². The molecule has 35 heavy (non-hydrogen) atoms. The first-order chi connectivity index (χ1) is 16.9. The lowest BCUT2D eigenvalue weighted by atomic mass is 9.65. The second-order valence-electron chi connectivity index (χ2n) is 9.29. The fraction of sp³-hybridized carbons (Fsp3) is 0.167. The Hall–Kier alpha value is -2.89. The van der Waals surface area contributed by atoms with Crippen molar-refractivity contribution in [3.8, 4) is 5.75 Å². The quantitative estimate of drug-likeness (QED) is 0.263. The number of ether oxygens (including phenoxy) is 1. The normalized spacial score (nSPS) is 20.1. The molecule has 0 bridgehead atoms. The first-order valence-electron chi connectivity index (χ1n) is 11.6. The van der Waals surface area contributed by atoms with Gasteiger partial charge in [-0.25, -0.2) is 0 Å². The lowest BCUT2D eigenvalue weighted by molar-refractivity contribution is -0.118. The number of hydrogen-bond donors (Lipinski definition) is 1. The van der Waals surface area contributed by atoms with Crippen LogP contribution in [0.1, 0.15) is 33.7 Å². The van der Waals surface area contributed by atoms with E-state index in [1.165, 1.54) is 16.7 Å². The molecule has 6 rings (SSSR count). The molecule has 0 aromatic heterocycles. The van der Waals surface area contributed by atoms with Crippen molar-refractivity contribution in [3.05, 3.63) is 110 Å². The van der Waals surface area contributed by atoms with Crippen molar-refractivity contribution in [2.75, 3.05) is 12.4 Å². The summed E-state index contributed by atoms with van der Waals surface area (Å²) in [5.74, 6) is 0.515. The standard InChI is InChI=1S/C30H23Br2NO2/c1-17-23(31)15-24(32)28-26(17)27(29(34)33-28)30(14-13-18-7-3-6-10-22(18)30)16-19-11-12-25(35-2)21-9-5-4-8-20(19)21/h3-15,27H,16H2,1-2H3,(H,33,34). The zero-order valence-corrected chi connectivity index (χ0v) is 22.5. The zero-order chi connectivity index (χ0) is 24.3. The van der Waals surface area contributed by atoms with Crippen LogP contribution in [-0.4, -0.2) is 13.0 Å². The predicted molar refractivity (Wildman–Crippen MR) is 149 cm³/mol. The first-order valence-corrected chi connectivity index (χ1v) is 13.2. The van der Waals surface area contributed by atoms with Crippen LogP contribution in [0, 0.1) is 6.92 Å². The van der Waals surface area contributed by atoms with E-state index in [9.17, 15) is 4.79 Å². The van der Waals surface area contributed by atoms with E-state index < -0.39 is 5.41 Å². The van der Waals surface area contributed by atoms with E-state index in [0.717, 1.165) is 42.3 Å². The molecule has 2 aliphatic rings. The summed E-state index contributed by atoms with van der Waals surface area (Å²) in [6.07, 6.45) is 5.12. The van der Waals surface area contributed by atoms with Crippen LogP contribution < -0.4 is 10.1 Å². The van der Waals surface area contributed by atoms with E-state index in [2.05, 4.69) is 105 Å². The molecule has 3 nitrogen and oxygen atoms in total. The topological polar surface area (TPSA) is 38.3 Å². The third-order valence-corrected chi connectivity index (χ3v) is 8.99. The SMILES string of the molecule is COc1ccc(CC2(C3C(=O)Nc4c(Br)cc(Br)c(C)c43)C=Cc3ccccc32)c2ccccc12. The van der Waals surface area contributed by atoms with Gasteiger partial charge < -0.3 is 10.1 Å². The lowest BCUT2D eigenvalue weighted by Crippen LogP contribution is -2.37. The molecule has 2 unspecified atom stereocenters. The molecule has 4 aromatic carbocycles. The first kappa shape index (κ1) is 22.6. The molecule has 0 saturated carbocycles. The number of hydrogen-bond acceptors (Lipinski definition) is 2. The maximum absolute atomic E-state index is 13.8. The van der Waals surface area contributed by atoms with Crippen LogP contribution in [0.4, 0.5) is 5.69 Å². The summed E-state index contributed by atoms with van der Waals surface area (Å²) in [4.78, 5) is 13.8. The van der Waals surface area contributed by atoms with Gasteiger partial charge in [0, 0.05) is 19.7 Å². The monoisotopic (exact) mass is 587 g/mol. The second-order valence-corrected chi connectivity index (χ2v) is 11.0. The van der Waals surface area contributed by atoms with E-state index in [4.69, 9.17) is 4.74 Å². The molecule has 1 N–H and O–H groups in total. The van der Waals surface area contributed by atoms with Gasteiger partial charge in [0.25, 0.3) is 0 Å². The van der Waals surface area contributed by atoms with Crippen molar-refractivity contribution in [1.82, 2.24) is 0 Å². The molecule has 1 aliphatic heterocycles. The highest BCUT2D eigenvalue weighted by atomic mass is 79.9. The number of fused-ring (bicyclic) bond motifs is 3. The van der Waals surface area contributed by atoms with Crippen molar-refractivity contribution in [2.24, 2.45) is 0 Å². The molecular weight excluding hydrogens is 566 g/mol. The van der Waals surface area contributed by atoms with Crippen LogP contribution in [0.3, 0.4) is 0 Å². The average molecular weight is 589 g/mol. The van der Waals surface area contributed by atoms with Crippen LogP contribution >= 0.6 is 31.9 Å². The second kappa shape index (κ2) is 8.35. The fourth-order valence-electron chi connectivity index (χ4n) is 5.93. The van der Waals surface area contributed by atoms with Gasteiger partial charge in [0.1, 0.15) is 5.75 Å². The molecule has 1 heterocycles. The molecule has 0 fully saturated rings. The van der Waals surface area contributed by atoms with Gasteiger partial charge >= 0.3 is 0 Å². The molecule has 1 aliphatic carbocycles. The number of carbonyl (C=O) groups excluding carboxylic acids is 1. The third-order valence-electron chi connectivity index (χ3n) is 7.54. The highest BCUT2D eigenvalue weighted by molar-refractivity contribution is 9.11. The Balaban J connectivity index is 1.62. The van der Waals surface area contributed by atoms with E-state index >= 15 is 0 Å². The maximum Gasteiger partial charge on any atom is 0.233 e. The van der Waals surface area contributed by atoms with Crippen molar-refractivity contribution >= 4 is 60.3 Å². The minimum Gasteiger partial charge on any atom is -0.496 e. The summed E-state index contributed by atoms with van der Waals surface area (Å²) in [7, 11) is 1.71. The third kappa shape index (κ3) is 3.32. The van der Waals surface area contributed by atoms with Gasteiger partial charge in [-0.05, 0) is 74.6 Å². The summed E-state index contributed by atoms with van der Waals surface area (Å²) >= 11 is 7.40. The fourth-order valence-corrected chi connectivity index (χ4v) is 7.22. The van der Waals surface area contributed by atoms with Crippen molar-refractivity contribution in [2.45, 2.75) is 24.7 Å². The highest BCUT2D eigenvalue weighted by Gasteiger charge is 2.51. The molecule has 0 spiro atoms. The van der Waals surface area contributed by atoms with Crippen LogP contribution in [0.5, 0.6) is 5.75 Å². The van der Waals surface area contributed by atoms with Gasteiger partial charge in [-0.1, -0.05) is 82.7 Å². The number of halogens is 2. The molecule has 0 saturated heterocycles. The van der Waals surface area contributed by atoms with Gasteiger partial charge in [0.05, 0.1) is 18.7 Å². The Kier molecular flexibility index (Phi) is 5.39. The predicted octanol–water partition coefficient (Wildman–Crippen LogP) is 7.93. The number of rotatable bonds is 4. The number of allylic oxidation sites excluding steroid dienone is 1.